The van der Waals surface area contributed by atoms with Gasteiger partial charge in [-0.2, -0.15) is 0 Å². The summed E-state index contributed by atoms with van der Waals surface area (Å²) in [5.74, 6) is 3.16. The lowest BCUT2D eigenvalue weighted by Crippen LogP contribution is -2.42. The Morgan fingerprint density at radius 3 is 2.88 bits per heavy atom. The van der Waals surface area contributed by atoms with Gasteiger partial charge in [0.1, 0.15) is 11.5 Å². The maximum Gasteiger partial charge on any atom is 0.255 e. The third-order valence-corrected chi connectivity index (χ3v) is 5.75. The molecular formula is C18H25N3O4S. The van der Waals surface area contributed by atoms with E-state index in [9.17, 15) is 9.59 Å². The summed E-state index contributed by atoms with van der Waals surface area (Å²) in [6.45, 7) is 2.09. The normalized spacial score (nSPS) is 22.3. The molecule has 8 heteroatoms. The van der Waals surface area contributed by atoms with Crippen LogP contribution in [0.15, 0.2) is 18.2 Å². The number of thioether (sulfide) groups is 1. The van der Waals surface area contributed by atoms with Crippen molar-refractivity contribution in [2.45, 2.75) is 12.5 Å². The Hall–Kier alpha value is -1.93. The van der Waals surface area contributed by atoms with Crippen LogP contribution in [0.25, 0.3) is 0 Å². The van der Waals surface area contributed by atoms with Gasteiger partial charge in [0.15, 0.2) is 0 Å². The summed E-state index contributed by atoms with van der Waals surface area (Å²) < 4.78 is 10.4. The number of carbonyl (C=O) groups excluding carboxylic acids is 2. The molecule has 3 rings (SSSR count). The minimum atomic E-state index is -0.185. The summed E-state index contributed by atoms with van der Waals surface area (Å²) in [7, 11) is 3.10. The molecule has 0 radical (unpaired) electrons. The van der Waals surface area contributed by atoms with Gasteiger partial charge in [0.25, 0.3) is 5.91 Å². The van der Waals surface area contributed by atoms with Gasteiger partial charge in [0.2, 0.25) is 5.91 Å². The highest BCUT2D eigenvalue weighted by molar-refractivity contribution is 7.99. The van der Waals surface area contributed by atoms with Crippen LogP contribution in [0.5, 0.6) is 11.5 Å². The second-order valence-electron chi connectivity index (χ2n) is 6.48. The Balaban J connectivity index is 1.51. The van der Waals surface area contributed by atoms with Crippen molar-refractivity contribution < 1.29 is 19.1 Å². The van der Waals surface area contributed by atoms with Crippen molar-refractivity contribution in [1.82, 2.24) is 15.5 Å². The van der Waals surface area contributed by atoms with Crippen molar-refractivity contribution in [3.8, 4) is 11.5 Å². The molecule has 1 aromatic carbocycles. The highest BCUT2D eigenvalue weighted by Crippen LogP contribution is 2.25. The number of rotatable bonds is 6. The van der Waals surface area contributed by atoms with Crippen LogP contribution in [-0.4, -0.2) is 68.2 Å². The molecule has 2 aliphatic heterocycles. The molecule has 0 aliphatic carbocycles. The highest BCUT2D eigenvalue weighted by Gasteiger charge is 2.33. The average Bonchev–Trinajstić information content (AvgIpc) is 3.37. The average molecular weight is 379 g/mol. The molecular weight excluding hydrogens is 354 g/mol. The van der Waals surface area contributed by atoms with Crippen molar-refractivity contribution in [2.24, 2.45) is 5.92 Å². The van der Waals surface area contributed by atoms with Gasteiger partial charge in [-0.25, -0.2) is 0 Å². The molecule has 0 bridgehead atoms. The van der Waals surface area contributed by atoms with Crippen LogP contribution in [0.2, 0.25) is 0 Å². The second kappa shape index (κ2) is 8.64. The molecule has 2 fully saturated rings. The number of hydrogen-bond donors (Lipinski definition) is 2. The summed E-state index contributed by atoms with van der Waals surface area (Å²) in [5, 5.41) is 6.24. The molecule has 2 amide bonds. The Morgan fingerprint density at radius 1 is 1.35 bits per heavy atom. The molecule has 7 nitrogen and oxygen atoms in total. The van der Waals surface area contributed by atoms with Gasteiger partial charge in [0, 0.05) is 31.5 Å². The zero-order valence-electron chi connectivity index (χ0n) is 15.1. The third kappa shape index (κ3) is 4.24. The van der Waals surface area contributed by atoms with Crippen molar-refractivity contribution >= 4 is 23.6 Å². The van der Waals surface area contributed by atoms with Gasteiger partial charge in [-0.3, -0.25) is 9.59 Å². The summed E-state index contributed by atoms with van der Waals surface area (Å²) in [5.41, 5.74) is 0.473. The molecule has 0 spiro atoms. The number of methoxy groups -OCH3 is 2. The predicted molar refractivity (Wildman–Crippen MR) is 101 cm³/mol. The number of nitrogens with zero attached hydrogens (tertiary/aromatic N) is 1. The van der Waals surface area contributed by atoms with E-state index < -0.39 is 0 Å². The minimum Gasteiger partial charge on any atom is -0.497 e. The predicted octanol–water partition coefficient (Wildman–Crippen LogP) is 0.945. The fraction of sp³-hybridized carbons (Fsp3) is 0.556. The van der Waals surface area contributed by atoms with E-state index in [1.165, 1.54) is 7.11 Å². The zero-order valence-corrected chi connectivity index (χ0v) is 15.9. The molecule has 2 heterocycles. The lowest BCUT2D eigenvalue weighted by Gasteiger charge is -2.19. The summed E-state index contributed by atoms with van der Waals surface area (Å²) in [6, 6.07) is 4.98. The van der Waals surface area contributed by atoms with Crippen molar-refractivity contribution in [3.63, 3.8) is 0 Å². The smallest absolute Gasteiger partial charge is 0.255 e. The van der Waals surface area contributed by atoms with Crippen LogP contribution in [0.3, 0.4) is 0 Å². The van der Waals surface area contributed by atoms with Gasteiger partial charge in [-0.05, 0) is 24.5 Å². The van der Waals surface area contributed by atoms with Crippen molar-refractivity contribution in [3.05, 3.63) is 23.8 Å². The third-order valence-electron chi connectivity index (χ3n) is 4.79. The number of carbonyl (C=O) groups is 2. The minimum absolute atomic E-state index is 0.133. The SMILES string of the molecule is COc1ccc(C(=O)NCC2CN[C@H](C(=O)N3CCSC3)C2)c(OC)c1. The Kier molecular flexibility index (Phi) is 6.26. The van der Waals surface area contributed by atoms with E-state index in [0.29, 0.717) is 23.6 Å². The summed E-state index contributed by atoms with van der Waals surface area (Å²) in [6.07, 6.45) is 0.750. The van der Waals surface area contributed by atoms with Gasteiger partial charge >= 0.3 is 0 Å². The largest absolute Gasteiger partial charge is 0.497 e. The van der Waals surface area contributed by atoms with Crippen LogP contribution >= 0.6 is 11.8 Å². The maximum atomic E-state index is 12.5. The van der Waals surface area contributed by atoms with Crippen LogP contribution < -0.4 is 20.1 Å². The fourth-order valence-corrected chi connectivity index (χ4v) is 4.23. The van der Waals surface area contributed by atoms with Gasteiger partial charge in [-0.1, -0.05) is 0 Å². The van der Waals surface area contributed by atoms with Crippen LogP contribution in [0.1, 0.15) is 16.8 Å². The van der Waals surface area contributed by atoms with Crippen LogP contribution in [0.4, 0.5) is 0 Å². The molecule has 2 N–H and O–H groups in total. The number of ether oxygens (including phenoxy) is 2. The maximum absolute atomic E-state index is 12.5. The molecule has 1 unspecified atom stereocenters. The standard InChI is InChI=1S/C18H25N3O4S/c1-24-13-3-4-14(16(8-13)25-2)17(22)20-10-12-7-15(19-9-12)18(23)21-5-6-26-11-21/h3-4,8,12,15,19H,5-7,9-11H2,1-2H3,(H,20,22)/t12?,15-/m0/s1. The van der Waals surface area contributed by atoms with E-state index in [4.69, 9.17) is 9.47 Å². The summed E-state index contributed by atoms with van der Waals surface area (Å²) in [4.78, 5) is 26.8. The highest BCUT2D eigenvalue weighted by atomic mass is 32.2. The number of benzene rings is 1. The molecule has 0 saturated carbocycles. The lowest BCUT2D eigenvalue weighted by molar-refractivity contribution is -0.131. The van der Waals surface area contributed by atoms with E-state index >= 15 is 0 Å². The number of nitrogens with one attached hydrogen (secondary N) is 2. The lowest BCUT2D eigenvalue weighted by atomic mass is 10.0. The molecule has 2 atom stereocenters. The molecule has 142 valence electrons. The molecule has 1 aromatic rings. The monoisotopic (exact) mass is 379 g/mol. The second-order valence-corrected chi connectivity index (χ2v) is 7.55. The molecule has 2 saturated heterocycles. The number of amides is 2. The van der Waals surface area contributed by atoms with E-state index in [1.54, 1.807) is 37.1 Å². The van der Waals surface area contributed by atoms with E-state index in [2.05, 4.69) is 10.6 Å². The Labute approximate surface area is 157 Å². The fourth-order valence-electron chi connectivity index (χ4n) is 3.28. The van der Waals surface area contributed by atoms with Gasteiger partial charge in [0.05, 0.1) is 31.7 Å². The summed E-state index contributed by atoms with van der Waals surface area (Å²) >= 11 is 1.79. The first-order chi connectivity index (χ1) is 12.6. The Bertz CT molecular complexity index is 664. The van der Waals surface area contributed by atoms with E-state index in [1.807, 2.05) is 4.90 Å². The first-order valence-corrected chi connectivity index (χ1v) is 9.88. The molecule has 26 heavy (non-hydrogen) atoms. The Morgan fingerprint density at radius 2 is 2.19 bits per heavy atom. The molecule has 2 aliphatic rings. The van der Waals surface area contributed by atoms with Crippen molar-refractivity contribution in [2.75, 3.05) is 45.5 Å². The van der Waals surface area contributed by atoms with Crippen molar-refractivity contribution in [1.29, 1.82) is 0 Å². The van der Waals surface area contributed by atoms with Gasteiger partial charge < -0.3 is 25.0 Å². The quantitative estimate of drug-likeness (QED) is 0.766. The number of hydrogen-bond acceptors (Lipinski definition) is 6. The molecule has 0 aromatic heterocycles. The topological polar surface area (TPSA) is 79.9 Å². The first-order valence-electron chi connectivity index (χ1n) is 8.72. The van der Waals surface area contributed by atoms with Gasteiger partial charge in [-0.15, -0.1) is 11.8 Å². The van der Waals surface area contributed by atoms with Crippen LogP contribution in [0, 0.1) is 5.92 Å². The first kappa shape index (κ1) is 18.8. The van der Waals surface area contributed by atoms with E-state index in [-0.39, 0.29) is 23.8 Å². The van der Waals surface area contributed by atoms with E-state index in [0.717, 1.165) is 31.1 Å². The zero-order chi connectivity index (χ0) is 18.5. The van der Waals surface area contributed by atoms with Crippen LogP contribution in [-0.2, 0) is 4.79 Å².